The molecule has 0 aliphatic carbocycles. The molecule has 1 aromatic carbocycles. The van der Waals surface area contributed by atoms with Gasteiger partial charge in [-0.25, -0.2) is 4.98 Å². The largest absolute Gasteiger partial charge is 0.233 e. The van der Waals surface area contributed by atoms with Crippen molar-refractivity contribution in [2.75, 3.05) is 0 Å². The summed E-state index contributed by atoms with van der Waals surface area (Å²) < 4.78 is 0. The molecule has 16 heavy (non-hydrogen) atoms. The van der Waals surface area contributed by atoms with E-state index in [4.69, 9.17) is 0 Å². The Labute approximate surface area is 100 Å². The van der Waals surface area contributed by atoms with Crippen molar-refractivity contribution in [3.05, 3.63) is 51.0 Å². The predicted molar refractivity (Wildman–Crippen MR) is 68.7 cm³/mol. The molecule has 0 aliphatic heterocycles. The lowest BCUT2D eigenvalue weighted by atomic mass is 10.1. The minimum atomic E-state index is 0.863. The summed E-state index contributed by atoms with van der Waals surface area (Å²) in [7, 11) is 0. The van der Waals surface area contributed by atoms with Crippen LogP contribution in [-0.4, -0.2) is 4.98 Å². The Balaban J connectivity index is 2.30. The fourth-order valence-corrected chi connectivity index (χ4v) is 2.15. The first-order chi connectivity index (χ1) is 7.63. The molecule has 2 rings (SSSR count). The monoisotopic (exact) mass is 227 g/mol. The van der Waals surface area contributed by atoms with Gasteiger partial charge in [-0.2, -0.15) is 0 Å². The molecule has 0 bridgehead atoms. The molecule has 1 nitrogen and oxygen atoms in total. The van der Waals surface area contributed by atoms with Crippen LogP contribution in [0.2, 0.25) is 0 Å². The first kappa shape index (κ1) is 10.9. The van der Waals surface area contributed by atoms with E-state index in [1.165, 1.54) is 11.1 Å². The Bertz CT molecular complexity index is 550. The van der Waals surface area contributed by atoms with E-state index in [2.05, 4.69) is 48.9 Å². The SMILES string of the molecule is Cc1cc(C)cc(C#Cc2csc(C)n2)c1. The van der Waals surface area contributed by atoms with Gasteiger partial charge in [0.05, 0.1) is 5.01 Å². The predicted octanol–water partition coefficient (Wildman–Crippen LogP) is 3.47. The van der Waals surface area contributed by atoms with E-state index in [0.29, 0.717) is 0 Å². The van der Waals surface area contributed by atoms with Crippen LogP contribution in [-0.2, 0) is 0 Å². The molecule has 2 aromatic rings. The molecule has 0 amide bonds. The highest BCUT2D eigenvalue weighted by atomic mass is 32.1. The van der Waals surface area contributed by atoms with Crippen LogP contribution in [0.3, 0.4) is 0 Å². The number of rotatable bonds is 0. The number of benzene rings is 1. The summed E-state index contributed by atoms with van der Waals surface area (Å²) in [5.41, 5.74) is 4.42. The Kier molecular flexibility index (Phi) is 3.07. The van der Waals surface area contributed by atoms with E-state index in [9.17, 15) is 0 Å². The Hall–Kier alpha value is -1.59. The van der Waals surface area contributed by atoms with Crippen molar-refractivity contribution < 1.29 is 0 Å². The number of nitrogens with zero attached hydrogens (tertiary/aromatic N) is 1. The van der Waals surface area contributed by atoms with Crippen LogP contribution in [0.25, 0.3) is 0 Å². The Morgan fingerprint density at radius 1 is 1.00 bits per heavy atom. The Morgan fingerprint density at radius 3 is 2.25 bits per heavy atom. The van der Waals surface area contributed by atoms with Crippen LogP contribution in [0, 0.1) is 32.6 Å². The fourth-order valence-electron chi connectivity index (χ4n) is 1.60. The first-order valence-corrected chi connectivity index (χ1v) is 6.04. The Morgan fingerprint density at radius 2 is 1.69 bits per heavy atom. The summed E-state index contributed by atoms with van der Waals surface area (Å²) in [5.74, 6) is 6.24. The molecule has 0 aliphatic rings. The molecule has 0 atom stereocenters. The number of hydrogen-bond acceptors (Lipinski definition) is 2. The van der Waals surface area contributed by atoms with Crippen molar-refractivity contribution in [1.82, 2.24) is 4.98 Å². The summed E-state index contributed by atoms with van der Waals surface area (Å²) in [6.07, 6.45) is 0. The molecule has 0 fully saturated rings. The standard InChI is InChI=1S/C14H13NS/c1-10-6-11(2)8-13(7-10)4-5-14-9-16-12(3)15-14/h6-9H,1-3H3. The minimum Gasteiger partial charge on any atom is -0.233 e. The maximum Gasteiger partial charge on any atom is 0.124 e. The maximum absolute atomic E-state index is 4.32. The highest BCUT2D eigenvalue weighted by Crippen LogP contribution is 2.09. The number of hydrogen-bond donors (Lipinski definition) is 0. The van der Waals surface area contributed by atoms with Gasteiger partial charge in [0.1, 0.15) is 5.69 Å². The van der Waals surface area contributed by atoms with Crippen LogP contribution in [0.15, 0.2) is 23.6 Å². The summed E-state index contributed by atoms with van der Waals surface area (Å²) >= 11 is 1.63. The van der Waals surface area contributed by atoms with Gasteiger partial charge < -0.3 is 0 Å². The molecule has 0 saturated carbocycles. The van der Waals surface area contributed by atoms with Gasteiger partial charge in [0.15, 0.2) is 0 Å². The molecule has 1 heterocycles. The van der Waals surface area contributed by atoms with Crippen LogP contribution in [0.1, 0.15) is 27.4 Å². The van der Waals surface area contributed by atoms with Crippen molar-refractivity contribution in [2.45, 2.75) is 20.8 Å². The highest BCUT2D eigenvalue weighted by molar-refractivity contribution is 7.09. The zero-order valence-corrected chi connectivity index (χ0v) is 10.5. The van der Waals surface area contributed by atoms with Gasteiger partial charge in [-0.15, -0.1) is 11.3 Å². The molecule has 1 aromatic heterocycles. The van der Waals surface area contributed by atoms with E-state index in [-0.39, 0.29) is 0 Å². The van der Waals surface area contributed by atoms with Crippen LogP contribution >= 0.6 is 11.3 Å². The lowest BCUT2D eigenvalue weighted by Gasteiger charge is -1.97. The summed E-state index contributed by atoms with van der Waals surface area (Å²) in [5, 5.41) is 3.05. The molecule has 0 spiro atoms. The number of aromatic nitrogens is 1. The molecule has 0 radical (unpaired) electrons. The average molecular weight is 227 g/mol. The van der Waals surface area contributed by atoms with Gasteiger partial charge in [-0.1, -0.05) is 12.0 Å². The van der Waals surface area contributed by atoms with Gasteiger partial charge in [0.2, 0.25) is 0 Å². The molecule has 2 heteroatoms. The van der Waals surface area contributed by atoms with Gasteiger partial charge in [-0.3, -0.25) is 0 Å². The van der Waals surface area contributed by atoms with Gasteiger partial charge in [0, 0.05) is 10.9 Å². The van der Waals surface area contributed by atoms with Crippen LogP contribution in [0.5, 0.6) is 0 Å². The van der Waals surface area contributed by atoms with Crippen LogP contribution in [0.4, 0.5) is 0 Å². The zero-order chi connectivity index (χ0) is 11.5. The normalized spacial score (nSPS) is 9.69. The highest BCUT2D eigenvalue weighted by Gasteiger charge is 1.94. The van der Waals surface area contributed by atoms with E-state index >= 15 is 0 Å². The van der Waals surface area contributed by atoms with Gasteiger partial charge in [0.25, 0.3) is 0 Å². The third kappa shape index (κ3) is 2.71. The summed E-state index contributed by atoms with van der Waals surface area (Å²) in [4.78, 5) is 4.32. The summed E-state index contributed by atoms with van der Waals surface area (Å²) in [6, 6.07) is 6.34. The van der Waals surface area contributed by atoms with Crippen molar-refractivity contribution in [2.24, 2.45) is 0 Å². The maximum atomic E-state index is 4.32. The van der Waals surface area contributed by atoms with Crippen molar-refractivity contribution in [1.29, 1.82) is 0 Å². The molecule has 0 saturated heterocycles. The van der Waals surface area contributed by atoms with E-state index in [1.807, 2.05) is 12.3 Å². The van der Waals surface area contributed by atoms with Crippen molar-refractivity contribution in [3.63, 3.8) is 0 Å². The molecule has 80 valence electrons. The summed E-state index contributed by atoms with van der Waals surface area (Å²) in [6.45, 7) is 6.17. The third-order valence-corrected chi connectivity index (χ3v) is 2.95. The van der Waals surface area contributed by atoms with Gasteiger partial charge >= 0.3 is 0 Å². The second-order valence-electron chi connectivity index (χ2n) is 3.88. The second kappa shape index (κ2) is 4.51. The number of thiazole rings is 1. The van der Waals surface area contributed by atoms with E-state index in [1.54, 1.807) is 11.3 Å². The quantitative estimate of drug-likeness (QED) is 0.628. The molecule has 0 unspecified atom stereocenters. The van der Waals surface area contributed by atoms with Gasteiger partial charge in [-0.05, 0) is 50.0 Å². The first-order valence-electron chi connectivity index (χ1n) is 5.16. The average Bonchev–Trinajstić information content (AvgIpc) is 2.60. The van der Waals surface area contributed by atoms with Crippen molar-refractivity contribution in [3.8, 4) is 11.8 Å². The topological polar surface area (TPSA) is 12.9 Å². The minimum absolute atomic E-state index is 0.863. The molecular weight excluding hydrogens is 214 g/mol. The second-order valence-corrected chi connectivity index (χ2v) is 4.94. The lowest BCUT2D eigenvalue weighted by Crippen LogP contribution is -1.81. The lowest BCUT2D eigenvalue weighted by molar-refractivity contribution is 1.27. The van der Waals surface area contributed by atoms with Crippen molar-refractivity contribution >= 4 is 11.3 Å². The van der Waals surface area contributed by atoms with E-state index < -0.39 is 0 Å². The van der Waals surface area contributed by atoms with Crippen LogP contribution < -0.4 is 0 Å². The number of aryl methyl sites for hydroxylation is 3. The smallest absolute Gasteiger partial charge is 0.124 e. The zero-order valence-electron chi connectivity index (χ0n) is 9.66. The fraction of sp³-hybridized carbons (Fsp3) is 0.214. The molecular formula is C14H13NS. The molecule has 0 N–H and O–H groups in total. The third-order valence-electron chi connectivity index (χ3n) is 2.18. The van der Waals surface area contributed by atoms with E-state index in [0.717, 1.165) is 16.3 Å².